The number of fused-ring (bicyclic) bond motifs is 1. The highest BCUT2D eigenvalue weighted by molar-refractivity contribution is 5.93. The minimum absolute atomic E-state index is 0.105. The van der Waals surface area contributed by atoms with Crippen LogP contribution in [0.25, 0.3) is 34.2 Å². The maximum atomic E-state index is 12.5. The summed E-state index contributed by atoms with van der Waals surface area (Å²) in [5.41, 5.74) is 3.27. The second-order valence-electron chi connectivity index (χ2n) is 8.98. The molecule has 0 unspecified atom stereocenters. The van der Waals surface area contributed by atoms with Gasteiger partial charge in [0.05, 0.1) is 5.69 Å². The van der Waals surface area contributed by atoms with Crippen molar-refractivity contribution in [1.82, 2.24) is 24.9 Å². The van der Waals surface area contributed by atoms with Gasteiger partial charge in [0.15, 0.2) is 5.76 Å². The first kappa shape index (κ1) is 23.1. The van der Waals surface area contributed by atoms with Gasteiger partial charge in [-0.15, -0.1) is 0 Å². The number of likely N-dealkylation sites (N-methyl/N-ethyl adjacent to an activating group) is 1. The lowest BCUT2D eigenvalue weighted by Gasteiger charge is -2.32. The number of carbonyl (C=O) groups excluding carboxylic acids is 1. The first-order valence-electron chi connectivity index (χ1n) is 12.2. The third-order valence-electron chi connectivity index (χ3n) is 6.38. The smallest absolute Gasteiger partial charge is 0.244 e. The Kier molecular flexibility index (Phi) is 7.07. The van der Waals surface area contributed by atoms with Crippen LogP contribution < -0.4 is 5.32 Å². The Hall–Kier alpha value is -3.68. The van der Waals surface area contributed by atoms with E-state index in [1.165, 1.54) is 0 Å². The molecule has 7 heteroatoms. The maximum absolute atomic E-state index is 12.5. The molecule has 7 nitrogen and oxygen atoms in total. The standard InChI is InChI=1S/C28H31N5O2/c1-31-16-18-32(19-17-31)15-7-14-29-27(34)13-12-23-21-33(24-9-3-2-4-10-24)30-28(23)26-20-22-8-5-6-11-25(22)35-26/h2-6,8-13,20-21H,7,14-19H2,1H3,(H,29,34). The van der Waals surface area contributed by atoms with Crippen LogP contribution in [-0.2, 0) is 4.79 Å². The van der Waals surface area contributed by atoms with E-state index in [2.05, 4.69) is 22.2 Å². The normalized spacial score (nSPS) is 15.2. The van der Waals surface area contributed by atoms with E-state index in [1.807, 2.05) is 77.6 Å². The lowest BCUT2D eigenvalue weighted by atomic mass is 10.2. The van der Waals surface area contributed by atoms with Crippen LogP contribution >= 0.6 is 0 Å². The van der Waals surface area contributed by atoms with Crippen LogP contribution in [0, 0.1) is 0 Å². The van der Waals surface area contributed by atoms with Crippen LogP contribution in [0.1, 0.15) is 12.0 Å². The molecule has 4 aromatic rings. The van der Waals surface area contributed by atoms with Crippen molar-refractivity contribution < 1.29 is 9.21 Å². The first-order chi connectivity index (χ1) is 17.2. The first-order valence-corrected chi connectivity index (χ1v) is 12.2. The third kappa shape index (κ3) is 5.70. The van der Waals surface area contributed by atoms with Gasteiger partial charge in [-0.25, -0.2) is 4.68 Å². The molecule has 3 heterocycles. The molecule has 0 bridgehead atoms. The summed E-state index contributed by atoms with van der Waals surface area (Å²) >= 11 is 0. The highest BCUT2D eigenvalue weighted by Gasteiger charge is 2.16. The van der Waals surface area contributed by atoms with E-state index in [-0.39, 0.29) is 5.91 Å². The van der Waals surface area contributed by atoms with E-state index < -0.39 is 0 Å². The van der Waals surface area contributed by atoms with E-state index in [0.29, 0.717) is 18.0 Å². The van der Waals surface area contributed by atoms with Crippen molar-refractivity contribution >= 4 is 23.0 Å². The number of amides is 1. The molecule has 0 spiro atoms. The number of benzene rings is 2. The van der Waals surface area contributed by atoms with Crippen LogP contribution in [0.3, 0.4) is 0 Å². The van der Waals surface area contributed by atoms with Gasteiger partial charge in [0.2, 0.25) is 5.91 Å². The molecule has 1 fully saturated rings. The fourth-order valence-electron chi connectivity index (χ4n) is 4.32. The Morgan fingerprint density at radius 3 is 2.63 bits per heavy atom. The molecule has 0 radical (unpaired) electrons. The molecule has 1 aliphatic rings. The number of nitrogens with one attached hydrogen (secondary N) is 1. The fourth-order valence-corrected chi connectivity index (χ4v) is 4.32. The average Bonchev–Trinajstić information content (AvgIpc) is 3.51. The SMILES string of the molecule is CN1CCN(CCCNC(=O)C=Cc2cn(-c3ccccc3)nc2-c2cc3ccccc3o2)CC1. The molecule has 1 aliphatic heterocycles. The van der Waals surface area contributed by atoms with Gasteiger partial charge in [0.1, 0.15) is 11.3 Å². The van der Waals surface area contributed by atoms with Gasteiger partial charge in [-0.05, 0) is 50.4 Å². The van der Waals surface area contributed by atoms with Crippen molar-refractivity contribution in [3.8, 4) is 17.1 Å². The highest BCUT2D eigenvalue weighted by atomic mass is 16.3. The molecule has 5 rings (SSSR count). The molecular formula is C28H31N5O2. The minimum Gasteiger partial charge on any atom is -0.454 e. The second-order valence-corrected chi connectivity index (χ2v) is 8.98. The lowest BCUT2D eigenvalue weighted by Crippen LogP contribution is -2.45. The zero-order valence-electron chi connectivity index (χ0n) is 20.1. The fraction of sp³-hybridized carbons (Fsp3) is 0.286. The molecular weight excluding hydrogens is 438 g/mol. The van der Waals surface area contributed by atoms with Crippen molar-refractivity contribution in [1.29, 1.82) is 0 Å². The number of nitrogens with zero attached hydrogens (tertiary/aromatic N) is 4. The molecule has 1 N–H and O–H groups in total. The van der Waals surface area contributed by atoms with Gasteiger partial charge < -0.3 is 19.5 Å². The van der Waals surface area contributed by atoms with Crippen molar-refractivity contribution in [2.24, 2.45) is 0 Å². The molecule has 2 aromatic heterocycles. The van der Waals surface area contributed by atoms with Gasteiger partial charge >= 0.3 is 0 Å². The van der Waals surface area contributed by atoms with Crippen molar-refractivity contribution in [3.63, 3.8) is 0 Å². The summed E-state index contributed by atoms with van der Waals surface area (Å²) in [5.74, 6) is 0.569. The van der Waals surface area contributed by atoms with Crippen LogP contribution in [0.15, 0.2) is 77.4 Å². The number of hydrogen-bond donors (Lipinski definition) is 1. The number of aromatic nitrogens is 2. The highest BCUT2D eigenvalue weighted by Crippen LogP contribution is 2.30. The monoisotopic (exact) mass is 469 g/mol. The summed E-state index contributed by atoms with van der Waals surface area (Å²) in [6.07, 6.45) is 6.26. The Bertz CT molecular complexity index is 1270. The summed E-state index contributed by atoms with van der Waals surface area (Å²) in [4.78, 5) is 17.3. The lowest BCUT2D eigenvalue weighted by molar-refractivity contribution is -0.116. The molecule has 1 saturated heterocycles. The molecule has 35 heavy (non-hydrogen) atoms. The molecule has 2 aromatic carbocycles. The molecule has 180 valence electrons. The number of carbonyl (C=O) groups is 1. The van der Waals surface area contributed by atoms with Gasteiger partial charge in [-0.2, -0.15) is 5.10 Å². The molecule has 0 aliphatic carbocycles. The quantitative estimate of drug-likeness (QED) is 0.312. The second kappa shape index (κ2) is 10.7. The van der Waals surface area contributed by atoms with Gasteiger partial charge in [0.25, 0.3) is 0 Å². The Morgan fingerprint density at radius 2 is 1.83 bits per heavy atom. The van der Waals surface area contributed by atoms with Crippen LogP contribution in [0.5, 0.6) is 0 Å². The Balaban J connectivity index is 1.28. The van der Waals surface area contributed by atoms with E-state index in [0.717, 1.165) is 61.4 Å². The van der Waals surface area contributed by atoms with Crippen molar-refractivity contribution in [2.45, 2.75) is 6.42 Å². The van der Waals surface area contributed by atoms with E-state index in [1.54, 1.807) is 6.08 Å². The van der Waals surface area contributed by atoms with Gasteiger partial charge in [0, 0.05) is 55.9 Å². The third-order valence-corrected chi connectivity index (χ3v) is 6.38. The zero-order valence-corrected chi connectivity index (χ0v) is 20.1. The largest absolute Gasteiger partial charge is 0.454 e. The summed E-state index contributed by atoms with van der Waals surface area (Å²) in [6, 6.07) is 19.8. The summed E-state index contributed by atoms with van der Waals surface area (Å²) in [7, 11) is 2.16. The van der Waals surface area contributed by atoms with Crippen LogP contribution in [0.4, 0.5) is 0 Å². The van der Waals surface area contributed by atoms with E-state index in [9.17, 15) is 4.79 Å². The maximum Gasteiger partial charge on any atom is 0.244 e. The summed E-state index contributed by atoms with van der Waals surface area (Å²) < 4.78 is 7.89. The number of hydrogen-bond acceptors (Lipinski definition) is 5. The molecule has 1 amide bonds. The van der Waals surface area contributed by atoms with E-state index in [4.69, 9.17) is 9.52 Å². The van der Waals surface area contributed by atoms with E-state index >= 15 is 0 Å². The average molecular weight is 470 g/mol. The van der Waals surface area contributed by atoms with Gasteiger partial charge in [-0.1, -0.05) is 36.4 Å². The zero-order chi connectivity index (χ0) is 24.0. The Labute approximate surface area is 205 Å². The molecule has 0 atom stereocenters. The van der Waals surface area contributed by atoms with Crippen molar-refractivity contribution in [2.75, 3.05) is 46.3 Å². The molecule has 0 saturated carbocycles. The predicted molar refractivity (Wildman–Crippen MR) is 139 cm³/mol. The topological polar surface area (TPSA) is 66.5 Å². The number of rotatable bonds is 8. The number of para-hydroxylation sites is 2. The number of furan rings is 1. The van der Waals surface area contributed by atoms with Crippen LogP contribution in [-0.4, -0.2) is 71.8 Å². The summed E-state index contributed by atoms with van der Waals surface area (Å²) in [6.45, 7) is 6.09. The minimum atomic E-state index is -0.105. The number of piperazine rings is 1. The predicted octanol–water partition coefficient (Wildman–Crippen LogP) is 4.05. The van der Waals surface area contributed by atoms with Crippen molar-refractivity contribution in [3.05, 3.63) is 78.5 Å². The van der Waals surface area contributed by atoms with Gasteiger partial charge in [-0.3, -0.25) is 4.79 Å². The Morgan fingerprint density at radius 1 is 1.06 bits per heavy atom. The van der Waals surface area contributed by atoms with Crippen LogP contribution in [0.2, 0.25) is 0 Å². The summed E-state index contributed by atoms with van der Waals surface area (Å²) in [5, 5.41) is 8.81.